The van der Waals surface area contributed by atoms with E-state index in [-0.39, 0.29) is 34.8 Å². The predicted molar refractivity (Wildman–Crippen MR) is 68.5 cm³/mol. The summed E-state index contributed by atoms with van der Waals surface area (Å²) in [5, 5.41) is 9.79. The molecular formula is C13H16N2O4. The number of carbonyl (C=O) groups excluding carboxylic acids is 2. The first-order valence-corrected chi connectivity index (χ1v) is 5.99. The van der Waals surface area contributed by atoms with Gasteiger partial charge in [0.2, 0.25) is 0 Å². The molecule has 6 heteroatoms. The topological polar surface area (TPSA) is 92.9 Å². The number of nitrogens with two attached hydrogens (primary N) is 1. The molecule has 0 aromatic heterocycles. The fourth-order valence-corrected chi connectivity index (χ4v) is 2.21. The van der Waals surface area contributed by atoms with Gasteiger partial charge in [-0.3, -0.25) is 9.59 Å². The van der Waals surface area contributed by atoms with Gasteiger partial charge in [0.25, 0.3) is 5.91 Å². The van der Waals surface area contributed by atoms with Crippen LogP contribution < -0.4 is 5.73 Å². The van der Waals surface area contributed by atoms with Gasteiger partial charge in [0.15, 0.2) is 5.75 Å². The standard InChI is InChI=1S/C13H16N2O4/c1-19-13(18)8-5-6-15(7-8)12(17)9-3-2-4-10(14)11(9)16/h2-4,8,16H,5-7,14H2,1H3. The van der Waals surface area contributed by atoms with Gasteiger partial charge >= 0.3 is 5.97 Å². The Morgan fingerprint density at radius 2 is 2.21 bits per heavy atom. The zero-order chi connectivity index (χ0) is 14.0. The lowest BCUT2D eigenvalue weighted by Gasteiger charge is -2.17. The maximum absolute atomic E-state index is 12.2. The molecular weight excluding hydrogens is 248 g/mol. The summed E-state index contributed by atoms with van der Waals surface area (Å²) in [6.45, 7) is 0.770. The number of para-hydroxylation sites is 1. The fraction of sp³-hybridized carbons (Fsp3) is 0.385. The van der Waals surface area contributed by atoms with Gasteiger partial charge in [-0.15, -0.1) is 0 Å². The summed E-state index contributed by atoms with van der Waals surface area (Å²) in [5.74, 6) is -1.14. The summed E-state index contributed by atoms with van der Waals surface area (Å²) >= 11 is 0. The molecule has 19 heavy (non-hydrogen) atoms. The van der Waals surface area contributed by atoms with Gasteiger partial charge in [0.05, 0.1) is 24.3 Å². The largest absolute Gasteiger partial charge is 0.505 e. The summed E-state index contributed by atoms with van der Waals surface area (Å²) in [6.07, 6.45) is 0.571. The van der Waals surface area contributed by atoms with E-state index in [4.69, 9.17) is 5.73 Å². The van der Waals surface area contributed by atoms with Gasteiger partial charge in [0, 0.05) is 13.1 Å². The Bertz CT molecular complexity index is 515. The lowest BCUT2D eigenvalue weighted by molar-refractivity contribution is -0.144. The molecule has 102 valence electrons. The van der Waals surface area contributed by atoms with Crippen molar-refractivity contribution in [3.63, 3.8) is 0 Å². The maximum atomic E-state index is 12.2. The number of ether oxygens (including phenoxy) is 1. The van der Waals surface area contributed by atoms with Crippen LogP contribution in [0.5, 0.6) is 5.75 Å². The van der Waals surface area contributed by atoms with Crippen molar-refractivity contribution in [2.45, 2.75) is 6.42 Å². The van der Waals surface area contributed by atoms with E-state index in [1.54, 1.807) is 6.07 Å². The number of nitrogen functional groups attached to an aromatic ring is 1. The molecule has 2 rings (SSSR count). The van der Waals surface area contributed by atoms with Gasteiger partial charge in [-0.05, 0) is 18.6 Å². The second kappa shape index (κ2) is 5.17. The number of methoxy groups -OCH3 is 1. The molecule has 0 spiro atoms. The number of hydrogen-bond acceptors (Lipinski definition) is 5. The van der Waals surface area contributed by atoms with E-state index >= 15 is 0 Å². The van der Waals surface area contributed by atoms with Crippen LogP contribution in [0, 0.1) is 5.92 Å². The average molecular weight is 264 g/mol. The summed E-state index contributed by atoms with van der Waals surface area (Å²) in [5.41, 5.74) is 5.88. The third kappa shape index (κ3) is 2.47. The quantitative estimate of drug-likeness (QED) is 0.464. The lowest BCUT2D eigenvalue weighted by atomic mass is 10.1. The lowest BCUT2D eigenvalue weighted by Crippen LogP contribution is -2.30. The second-order valence-electron chi connectivity index (χ2n) is 4.50. The van der Waals surface area contributed by atoms with Crippen molar-refractivity contribution in [2.24, 2.45) is 5.92 Å². The molecule has 0 saturated carbocycles. The zero-order valence-electron chi connectivity index (χ0n) is 10.6. The first-order valence-electron chi connectivity index (χ1n) is 5.99. The normalized spacial score (nSPS) is 18.4. The highest BCUT2D eigenvalue weighted by Gasteiger charge is 2.33. The average Bonchev–Trinajstić information content (AvgIpc) is 2.90. The molecule has 1 fully saturated rings. The monoisotopic (exact) mass is 264 g/mol. The van der Waals surface area contributed by atoms with E-state index in [1.165, 1.54) is 24.1 Å². The van der Waals surface area contributed by atoms with Crippen LogP contribution in [0.1, 0.15) is 16.8 Å². The van der Waals surface area contributed by atoms with Crippen LogP contribution in [0.4, 0.5) is 5.69 Å². The first kappa shape index (κ1) is 13.2. The number of rotatable bonds is 2. The number of anilines is 1. The van der Waals surface area contributed by atoms with Gasteiger partial charge in [-0.2, -0.15) is 0 Å². The molecule has 6 nitrogen and oxygen atoms in total. The van der Waals surface area contributed by atoms with E-state index < -0.39 is 0 Å². The number of benzene rings is 1. The number of phenolic OH excluding ortho intramolecular Hbond substituents is 1. The van der Waals surface area contributed by atoms with Crippen molar-refractivity contribution in [3.05, 3.63) is 23.8 Å². The summed E-state index contributed by atoms with van der Waals surface area (Å²) in [6, 6.07) is 4.64. The third-order valence-corrected chi connectivity index (χ3v) is 3.31. The van der Waals surface area contributed by atoms with Crippen molar-refractivity contribution in [3.8, 4) is 5.75 Å². The number of amides is 1. The Hall–Kier alpha value is -2.24. The highest BCUT2D eigenvalue weighted by atomic mass is 16.5. The van der Waals surface area contributed by atoms with Crippen LogP contribution in [0.3, 0.4) is 0 Å². The van der Waals surface area contributed by atoms with Gasteiger partial charge in [0.1, 0.15) is 0 Å². The molecule has 1 atom stereocenters. The number of nitrogens with zero attached hydrogens (tertiary/aromatic N) is 1. The van der Waals surface area contributed by atoms with Crippen LogP contribution >= 0.6 is 0 Å². The third-order valence-electron chi connectivity index (χ3n) is 3.31. The second-order valence-corrected chi connectivity index (χ2v) is 4.50. The first-order chi connectivity index (χ1) is 9.04. The minimum Gasteiger partial charge on any atom is -0.505 e. The smallest absolute Gasteiger partial charge is 0.310 e. The molecule has 0 aliphatic carbocycles. The highest BCUT2D eigenvalue weighted by molar-refractivity contribution is 5.98. The molecule has 1 aromatic carbocycles. The van der Waals surface area contributed by atoms with Crippen molar-refractivity contribution < 1.29 is 19.4 Å². The number of likely N-dealkylation sites (tertiary alicyclic amines) is 1. The Kier molecular flexibility index (Phi) is 3.59. The molecule has 1 heterocycles. The number of aromatic hydroxyl groups is 1. The Balaban J connectivity index is 2.14. The van der Waals surface area contributed by atoms with E-state index in [2.05, 4.69) is 4.74 Å². The molecule has 1 aliphatic rings. The molecule has 1 aromatic rings. The van der Waals surface area contributed by atoms with Crippen LogP contribution in [0.2, 0.25) is 0 Å². The molecule has 1 amide bonds. The minimum atomic E-state index is -0.323. The van der Waals surface area contributed by atoms with Crippen LogP contribution in [-0.2, 0) is 9.53 Å². The minimum absolute atomic E-state index is 0.158. The van der Waals surface area contributed by atoms with Gasteiger partial charge < -0.3 is 20.5 Å². The molecule has 1 saturated heterocycles. The summed E-state index contributed by atoms with van der Waals surface area (Å²) in [7, 11) is 1.33. The van der Waals surface area contributed by atoms with E-state index in [9.17, 15) is 14.7 Å². The summed E-state index contributed by atoms with van der Waals surface area (Å²) < 4.78 is 4.66. The van der Waals surface area contributed by atoms with E-state index in [0.29, 0.717) is 19.5 Å². The van der Waals surface area contributed by atoms with Crippen LogP contribution in [-0.4, -0.2) is 42.1 Å². The molecule has 0 radical (unpaired) electrons. The van der Waals surface area contributed by atoms with Crippen LogP contribution in [0.25, 0.3) is 0 Å². The Morgan fingerprint density at radius 1 is 1.47 bits per heavy atom. The van der Waals surface area contributed by atoms with Crippen LogP contribution in [0.15, 0.2) is 18.2 Å². The summed E-state index contributed by atoms with van der Waals surface area (Å²) in [4.78, 5) is 25.2. The van der Waals surface area contributed by atoms with Crippen molar-refractivity contribution in [2.75, 3.05) is 25.9 Å². The van der Waals surface area contributed by atoms with Gasteiger partial charge in [-0.25, -0.2) is 0 Å². The number of hydrogen-bond donors (Lipinski definition) is 2. The van der Waals surface area contributed by atoms with Crippen molar-refractivity contribution in [1.29, 1.82) is 0 Å². The number of carbonyl (C=O) groups is 2. The van der Waals surface area contributed by atoms with Crippen molar-refractivity contribution >= 4 is 17.6 Å². The van der Waals surface area contributed by atoms with Gasteiger partial charge in [-0.1, -0.05) is 6.07 Å². The Morgan fingerprint density at radius 3 is 2.89 bits per heavy atom. The molecule has 3 N–H and O–H groups in total. The van der Waals surface area contributed by atoms with Crippen molar-refractivity contribution in [1.82, 2.24) is 4.90 Å². The predicted octanol–water partition coefficient (Wildman–Crippen LogP) is 0.610. The zero-order valence-corrected chi connectivity index (χ0v) is 10.6. The molecule has 1 aliphatic heterocycles. The molecule has 1 unspecified atom stereocenters. The Labute approximate surface area is 110 Å². The van der Waals surface area contributed by atoms with E-state index in [0.717, 1.165) is 0 Å². The molecule has 0 bridgehead atoms. The SMILES string of the molecule is COC(=O)C1CCN(C(=O)c2cccc(N)c2O)C1. The maximum Gasteiger partial charge on any atom is 0.310 e. The van der Waals surface area contributed by atoms with E-state index in [1.807, 2.05) is 0 Å². The number of esters is 1. The fourth-order valence-electron chi connectivity index (χ4n) is 2.21. The highest BCUT2D eigenvalue weighted by Crippen LogP contribution is 2.27. The number of phenols is 1.